The first-order valence-corrected chi connectivity index (χ1v) is 6.98. The zero-order valence-electron chi connectivity index (χ0n) is 9.32. The van der Waals surface area contributed by atoms with Crippen LogP contribution in [0.4, 0.5) is 0 Å². The minimum Gasteiger partial charge on any atom is -0.391 e. The van der Waals surface area contributed by atoms with Crippen LogP contribution in [0.3, 0.4) is 0 Å². The van der Waals surface area contributed by atoms with Crippen molar-refractivity contribution in [3.8, 4) is 0 Å². The summed E-state index contributed by atoms with van der Waals surface area (Å²) in [6, 6.07) is 1.58. The number of amides is 1. The third kappa shape index (κ3) is 2.76. The summed E-state index contributed by atoms with van der Waals surface area (Å²) in [4.78, 5) is 13.8. The number of likely N-dealkylation sites (tertiary alicyclic amines) is 1. The standard InChI is InChI=1S/C11H13Cl2NO2S/c1-6-2-3-14(5-8(6)15)11(16)7-4-9(12)17-10(7)13/h4,6,8,15H,2-3,5H2,1H3. The average molecular weight is 294 g/mol. The topological polar surface area (TPSA) is 40.5 Å². The highest BCUT2D eigenvalue weighted by atomic mass is 35.5. The third-order valence-electron chi connectivity index (χ3n) is 3.09. The molecule has 2 unspecified atom stereocenters. The van der Waals surface area contributed by atoms with Gasteiger partial charge in [0.2, 0.25) is 0 Å². The number of thiophene rings is 1. The van der Waals surface area contributed by atoms with Crippen molar-refractivity contribution in [2.24, 2.45) is 5.92 Å². The van der Waals surface area contributed by atoms with Crippen molar-refractivity contribution in [3.05, 3.63) is 20.3 Å². The van der Waals surface area contributed by atoms with E-state index in [1.807, 2.05) is 6.92 Å². The van der Waals surface area contributed by atoms with Gasteiger partial charge >= 0.3 is 0 Å². The van der Waals surface area contributed by atoms with E-state index in [-0.39, 0.29) is 11.8 Å². The van der Waals surface area contributed by atoms with Crippen molar-refractivity contribution in [3.63, 3.8) is 0 Å². The van der Waals surface area contributed by atoms with Gasteiger partial charge in [0.1, 0.15) is 4.34 Å². The first kappa shape index (κ1) is 13.1. The molecule has 1 saturated heterocycles. The van der Waals surface area contributed by atoms with Crippen LogP contribution in [0, 0.1) is 5.92 Å². The maximum absolute atomic E-state index is 12.2. The Morgan fingerprint density at radius 3 is 2.82 bits per heavy atom. The second-order valence-corrected chi connectivity index (χ2v) is 6.61. The molecule has 1 aromatic rings. The average Bonchev–Trinajstić information content (AvgIpc) is 2.61. The van der Waals surface area contributed by atoms with E-state index >= 15 is 0 Å². The van der Waals surface area contributed by atoms with Crippen LogP contribution in [0.1, 0.15) is 23.7 Å². The number of halogens is 2. The van der Waals surface area contributed by atoms with Gasteiger partial charge in [-0.2, -0.15) is 0 Å². The SMILES string of the molecule is CC1CCN(C(=O)c2cc(Cl)sc2Cl)CC1O. The molecule has 1 amide bonds. The molecule has 6 heteroatoms. The lowest BCUT2D eigenvalue weighted by Gasteiger charge is -2.34. The lowest BCUT2D eigenvalue weighted by molar-refractivity contribution is 0.0249. The maximum atomic E-state index is 12.2. The summed E-state index contributed by atoms with van der Waals surface area (Å²) in [6.45, 7) is 3.01. The number of aliphatic hydroxyl groups excluding tert-OH is 1. The largest absolute Gasteiger partial charge is 0.391 e. The zero-order chi connectivity index (χ0) is 12.6. The highest BCUT2D eigenvalue weighted by Gasteiger charge is 2.29. The molecule has 94 valence electrons. The molecule has 17 heavy (non-hydrogen) atoms. The molecule has 0 aromatic carbocycles. The van der Waals surface area contributed by atoms with Gasteiger partial charge in [-0.05, 0) is 18.4 Å². The van der Waals surface area contributed by atoms with Crippen LogP contribution < -0.4 is 0 Å². The van der Waals surface area contributed by atoms with Crippen molar-refractivity contribution in [1.82, 2.24) is 4.90 Å². The fourth-order valence-electron chi connectivity index (χ4n) is 1.89. The summed E-state index contributed by atoms with van der Waals surface area (Å²) < 4.78 is 0.914. The van der Waals surface area contributed by atoms with Crippen LogP contribution in [0.15, 0.2) is 6.07 Å². The van der Waals surface area contributed by atoms with Gasteiger partial charge in [-0.3, -0.25) is 4.79 Å². The van der Waals surface area contributed by atoms with Crippen LogP contribution in [0.5, 0.6) is 0 Å². The maximum Gasteiger partial charge on any atom is 0.256 e. The van der Waals surface area contributed by atoms with E-state index in [1.54, 1.807) is 11.0 Å². The number of nitrogens with zero attached hydrogens (tertiary/aromatic N) is 1. The third-order valence-corrected chi connectivity index (χ3v) is 4.58. The van der Waals surface area contributed by atoms with Crippen molar-refractivity contribution < 1.29 is 9.90 Å². The van der Waals surface area contributed by atoms with E-state index in [9.17, 15) is 9.90 Å². The van der Waals surface area contributed by atoms with Crippen molar-refractivity contribution >= 4 is 40.4 Å². The number of piperidine rings is 1. The van der Waals surface area contributed by atoms with Gasteiger partial charge in [-0.1, -0.05) is 30.1 Å². The summed E-state index contributed by atoms with van der Waals surface area (Å²) in [6.07, 6.45) is 0.350. The Morgan fingerprint density at radius 2 is 2.29 bits per heavy atom. The lowest BCUT2D eigenvalue weighted by Crippen LogP contribution is -2.45. The lowest BCUT2D eigenvalue weighted by atomic mass is 9.96. The smallest absolute Gasteiger partial charge is 0.256 e. The van der Waals surface area contributed by atoms with Crippen molar-refractivity contribution in [2.75, 3.05) is 13.1 Å². The van der Waals surface area contributed by atoms with Crippen LogP contribution in [0.25, 0.3) is 0 Å². The summed E-state index contributed by atoms with van der Waals surface area (Å²) in [5.41, 5.74) is 0.434. The molecule has 0 saturated carbocycles. The second-order valence-electron chi connectivity index (χ2n) is 4.32. The van der Waals surface area contributed by atoms with Gasteiger partial charge in [0.25, 0.3) is 5.91 Å². The number of rotatable bonds is 1. The highest BCUT2D eigenvalue weighted by molar-refractivity contribution is 7.20. The quantitative estimate of drug-likeness (QED) is 0.865. The molecule has 3 nitrogen and oxygen atoms in total. The molecule has 1 aromatic heterocycles. The second kappa shape index (κ2) is 5.14. The Bertz CT molecular complexity index is 435. The monoisotopic (exact) mass is 293 g/mol. The Balaban J connectivity index is 2.13. The normalized spacial score (nSPS) is 25.1. The zero-order valence-corrected chi connectivity index (χ0v) is 11.6. The van der Waals surface area contributed by atoms with Crippen LogP contribution in [-0.4, -0.2) is 35.1 Å². The summed E-state index contributed by atoms with van der Waals surface area (Å²) in [5.74, 6) is 0.0877. The van der Waals surface area contributed by atoms with E-state index < -0.39 is 6.10 Å². The van der Waals surface area contributed by atoms with Gasteiger partial charge < -0.3 is 10.0 Å². The highest BCUT2D eigenvalue weighted by Crippen LogP contribution is 2.32. The molecule has 2 heterocycles. The fourth-order valence-corrected chi connectivity index (χ4v) is 3.34. The molecule has 1 fully saturated rings. The van der Waals surface area contributed by atoms with Gasteiger partial charge in [-0.25, -0.2) is 0 Å². The molecule has 1 aliphatic rings. The molecule has 2 rings (SSSR count). The van der Waals surface area contributed by atoms with Gasteiger partial charge in [0.15, 0.2) is 0 Å². The predicted octanol–water partition coefficient (Wildman–Crippen LogP) is 2.90. The number of aliphatic hydroxyl groups is 1. The van der Waals surface area contributed by atoms with E-state index in [1.165, 1.54) is 11.3 Å². The Hall–Kier alpha value is -0.290. The van der Waals surface area contributed by atoms with E-state index in [0.717, 1.165) is 6.42 Å². The van der Waals surface area contributed by atoms with Crippen molar-refractivity contribution in [2.45, 2.75) is 19.4 Å². The first-order chi connectivity index (χ1) is 7.99. The fraction of sp³-hybridized carbons (Fsp3) is 0.545. The van der Waals surface area contributed by atoms with Crippen molar-refractivity contribution in [1.29, 1.82) is 0 Å². The van der Waals surface area contributed by atoms with E-state index in [0.29, 0.717) is 27.3 Å². The first-order valence-electron chi connectivity index (χ1n) is 5.41. The van der Waals surface area contributed by atoms with Gasteiger partial charge in [-0.15, -0.1) is 11.3 Å². The molecular formula is C11H13Cl2NO2S. The summed E-state index contributed by atoms with van der Waals surface area (Å²) in [7, 11) is 0. The molecule has 2 atom stereocenters. The Morgan fingerprint density at radius 1 is 1.59 bits per heavy atom. The molecule has 1 aliphatic heterocycles. The number of carbonyl (C=O) groups is 1. The summed E-state index contributed by atoms with van der Waals surface area (Å²) in [5, 5.41) is 9.77. The number of hydrogen-bond acceptors (Lipinski definition) is 3. The molecule has 1 N–H and O–H groups in total. The van der Waals surface area contributed by atoms with Crippen LogP contribution >= 0.6 is 34.5 Å². The predicted molar refractivity (Wildman–Crippen MR) is 70.0 cm³/mol. The Kier molecular flexibility index (Phi) is 3.98. The van der Waals surface area contributed by atoms with Gasteiger partial charge in [0, 0.05) is 13.1 Å². The number of carbonyl (C=O) groups excluding carboxylic acids is 1. The molecule has 0 aliphatic carbocycles. The van der Waals surface area contributed by atoms with Crippen LogP contribution in [0.2, 0.25) is 8.67 Å². The number of hydrogen-bond donors (Lipinski definition) is 1. The number of β-amino-alcohol motifs (C(OH)–C–C–N with tert-alkyl or cyclic N) is 1. The van der Waals surface area contributed by atoms with Crippen LogP contribution in [-0.2, 0) is 0 Å². The molecule has 0 radical (unpaired) electrons. The van der Waals surface area contributed by atoms with E-state index in [4.69, 9.17) is 23.2 Å². The minimum atomic E-state index is -0.458. The Labute approximate surface area is 114 Å². The van der Waals surface area contributed by atoms with E-state index in [2.05, 4.69) is 0 Å². The summed E-state index contributed by atoms with van der Waals surface area (Å²) >= 11 is 12.9. The van der Waals surface area contributed by atoms with Gasteiger partial charge in [0.05, 0.1) is 16.0 Å². The molecule has 0 spiro atoms. The molecule has 0 bridgehead atoms. The molecular weight excluding hydrogens is 281 g/mol. The minimum absolute atomic E-state index is 0.149.